The van der Waals surface area contributed by atoms with E-state index in [4.69, 9.17) is 0 Å². The summed E-state index contributed by atoms with van der Waals surface area (Å²) < 4.78 is 0. The molecule has 0 spiro atoms. The van der Waals surface area contributed by atoms with Crippen LogP contribution in [0, 0.1) is 5.92 Å². The van der Waals surface area contributed by atoms with Gasteiger partial charge in [0.05, 0.1) is 6.10 Å². The third-order valence-electron chi connectivity index (χ3n) is 2.82. The van der Waals surface area contributed by atoms with Gasteiger partial charge >= 0.3 is 0 Å². The van der Waals surface area contributed by atoms with Crippen LogP contribution in [0.1, 0.15) is 38.4 Å². The van der Waals surface area contributed by atoms with Gasteiger partial charge in [0.25, 0.3) is 0 Å². The largest absolute Gasteiger partial charge is 0.387 e. The summed E-state index contributed by atoms with van der Waals surface area (Å²) in [6.07, 6.45) is 1.25. The van der Waals surface area contributed by atoms with E-state index < -0.39 is 6.10 Å². The van der Waals surface area contributed by atoms with Gasteiger partial charge in [-0.2, -0.15) is 0 Å². The molecule has 1 aromatic rings. The van der Waals surface area contributed by atoms with Gasteiger partial charge in [-0.05, 0) is 12.0 Å². The molecule has 1 amide bonds. The quantitative estimate of drug-likeness (QED) is 0.794. The van der Waals surface area contributed by atoms with Gasteiger partial charge in [0.2, 0.25) is 5.91 Å². The number of carbonyl (C=O) groups is 1. The summed E-state index contributed by atoms with van der Waals surface area (Å²) in [4.78, 5) is 11.6. The monoisotopic (exact) mass is 235 g/mol. The van der Waals surface area contributed by atoms with Gasteiger partial charge in [-0.15, -0.1) is 0 Å². The molecule has 0 aliphatic heterocycles. The first kappa shape index (κ1) is 13.7. The first-order valence-corrected chi connectivity index (χ1v) is 6.15. The molecule has 1 aromatic carbocycles. The van der Waals surface area contributed by atoms with Crippen LogP contribution in [0.4, 0.5) is 0 Å². The summed E-state index contributed by atoms with van der Waals surface area (Å²) in [5.41, 5.74) is 0.830. The Morgan fingerprint density at radius 1 is 1.35 bits per heavy atom. The number of hydrogen-bond acceptors (Lipinski definition) is 2. The molecule has 0 saturated carbocycles. The van der Waals surface area contributed by atoms with E-state index in [0.29, 0.717) is 0 Å². The minimum absolute atomic E-state index is 0.0156. The van der Waals surface area contributed by atoms with E-state index in [-0.39, 0.29) is 18.4 Å². The minimum Gasteiger partial charge on any atom is -0.387 e. The minimum atomic E-state index is -0.631. The zero-order valence-corrected chi connectivity index (χ0v) is 10.5. The zero-order valence-electron chi connectivity index (χ0n) is 10.5. The smallest absolute Gasteiger partial charge is 0.222 e. The lowest BCUT2D eigenvalue weighted by Gasteiger charge is -2.15. The topological polar surface area (TPSA) is 49.3 Å². The van der Waals surface area contributed by atoms with Crippen molar-refractivity contribution in [2.24, 2.45) is 5.92 Å². The summed E-state index contributed by atoms with van der Waals surface area (Å²) in [5, 5.41) is 12.6. The highest BCUT2D eigenvalue weighted by molar-refractivity contribution is 5.78. The van der Waals surface area contributed by atoms with Crippen LogP contribution in [0.2, 0.25) is 0 Å². The number of carbonyl (C=O) groups excluding carboxylic acids is 1. The predicted molar refractivity (Wildman–Crippen MR) is 68.5 cm³/mol. The van der Waals surface area contributed by atoms with Crippen molar-refractivity contribution >= 4 is 5.91 Å². The number of aliphatic hydroxyl groups excluding tert-OH is 1. The Morgan fingerprint density at radius 2 is 2.00 bits per heavy atom. The van der Waals surface area contributed by atoms with Crippen LogP contribution in [0.5, 0.6) is 0 Å². The summed E-state index contributed by atoms with van der Waals surface area (Å²) >= 11 is 0. The molecule has 3 heteroatoms. The molecule has 0 radical (unpaired) electrons. The molecule has 3 nitrogen and oxygen atoms in total. The molecule has 0 aliphatic carbocycles. The van der Waals surface area contributed by atoms with Crippen molar-refractivity contribution in [1.29, 1.82) is 0 Å². The predicted octanol–water partition coefficient (Wildman–Crippen LogP) is 2.27. The van der Waals surface area contributed by atoms with Crippen LogP contribution in [0.3, 0.4) is 0 Å². The molecular formula is C14H21NO2. The Kier molecular flexibility index (Phi) is 5.70. The van der Waals surface area contributed by atoms with Gasteiger partial charge < -0.3 is 10.4 Å². The molecule has 0 fully saturated rings. The second-order valence-electron chi connectivity index (χ2n) is 4.36. The Hall–Kier alpha value is -1.35. The lowest BCUT2D eigenvalue weighted by Crippen LogP contribution is -2.32. The van der Waals surface area contributed by atoms with Crippen LogP contribution in [0.25, 0.3) is 0 Å². The van der Waals surface area contributed by atoms with E-state index in [0.717, 1.165) is 18.4 Å². The summed E-state index contributed by atoms with van der Waals surface area (Å²) in [6, 6.07) is 9.36. The second kappa shape index (κ2) is 7.07. The molecule has 2 atom stereocenters. The van der Waals surface area contributed by atoms with Crippen LogP contribution in [-0.2, 0) is 4.79 Å². The van der Waals surface area contributed by atoms with Gasteiger partial charge in [0.1, 0.15) is 0 Å². The van der Waals surface area contributed by atoms with Crippen LogP contribution < -0.4 is 5.32 Å². The highest BCUT2D eigenvalue weighted by atomic mass is 16.3. The van der Waals surface area contributed by atoms with Crippen LogP contribution in [-0.4, -0.2) is 17.6 Å². The molecule has 2 unspecified atom stereocenters. The van der Waals surface area contributed by atoms with Crippen molar-refractivity contribution in [2.45, 2.75) is 32.8 Å². The van der Waals surface area contributed by atoms with Crippen molar-refractivity contribution in [3.8, 4) is 0 Å². The van der Waals surface area contributed by atoms with Gasteiger partial charge in [-0.25, -0.2) is 0 Å². The zero-order chi connectivity index (χ0) is 12.7. The van der Waals surface area contributed by atoms with E-state index in [9.17, 15) is 9.90 Å². The van der Waals surface area contributed by atoms with E-state index in [1.54, 1.807) is 0 Å². The number of rotatable bonds is 6. The molecule has 0 heterocycles. The first-order valence-electron chi connectivity index (χ1n) is 6.15. The molecule has 1 rings (SSSR count). The maximum atomic E-state index is 11.6. The Balaban J connectivity index is 2.38. The van der Waals surface area contributed by atoms with Crippen molar-refractivity contribution < 1.29 is 9.90 Å². The standard InChI is InChI=1S/C14H21NO2/c1-3-7-11(2)14(17)15-10-13(16)12-8-5-4-6-9-12/h4-6,8-9,11,13,16H,3,7,10H2,1-2H3,(H,15,17). The summed E-state index contributed by atoms with van der Waals surface area (Å²) in [7, 11) is 0. The lowest BCUT2D eigenvalue weighted by atomic mass is 10.1. The van der Waals surface area contributed by atoms with Gasteiger partial charge in [-0.1, -0.05) is 50.6 Å². The molecule has 2 N–H and O–H groups in total. The van der Waals surface area contributed by atoms with E-state index in [1.165, 1.54) is 0 Å². The average molecular weight is 235 g/mol. The lowest BCUT2D eigenvalue weighted by molar-refractivity contribution is -0.125. The molecule has 94 valence electrons. The van der Waals surface area contributed by atoms with E-state index >= 15 is 0 Å². The third-order valence-corrected chi connectivity index (χ3v) is 2.82. The first-order chi connectivity index (χ1) is 8.15. The van der Waals surface area contributed by atoms with Crippen molar-refractivity contribution in [2.75, 3.05) is 6.54 Å². The van der Waals surface area contributed by atoms with Crippen molar-refractivity contribution in [3.63, 3.8) is 0 Å². The van der Waals surface area contributed by atoms with Crippen LogP contribution >= 0.6 is 0 Å². The number of amides is 1. The fraction of sp³-hybridized carbons (Fsp3) is 0.500. The van der Waals surface area contributed by atoms with Gasteiger partial charge in [0.15, 0.2) is 0 Å². The van der Waals surface area contributed by atoms with Crippen molar-refractivity contribution in [3.05, 3.63) is 35.9 Å². The maximum Gasteiger partial charge on any atom is 0.222 e. The van der Waals surface area contributed by atoms with Crippen LogP contribution in [0.15, 0.2) is 30.3 Å². The molecule has 0 saturated heterocycles. The maximum absolute atomic E-state index is 11.6. The normalized spacial score (nSPS) is 14.1. The SMILES string of the molecule is CCCC(C)C(=O)NCC(O)c1ccccc1. The molecular weight excluding hydrogens is 214 g/mol. The number of hydrogen-bond donors (Lipinski definition) is 2. The second-order valence-corrected chi connectivity index (χ2v) is 4.36. The van der Waals surface area contributed by atoms with Crippen molar-refractivity contribution in [1.82, 2.24) is 5.32 Å². The van der Waals surface area contributed by atoms with Gasteiger partial charge in [0, 0.05) is 12.5 Å². The van der Waals surface area contributed by atoms with E-state index in [1.807, 2.05) is 37.3 Å². The molecule has 0 aromatic heterocycles. The van der Waals surface area contributed by atoms with Gasteiger partial charge in [-0.3, -0.25) is 4.79 Å². The Bertz CT molecular complexity index is 337. The highest BCUT2D eigenvalue weighted by Gasteiger charge is 2.13. The van der Waals surface area contributed by atoms with E-state index in [2.05, 4.69) is 12.2 Å². The Labute approximate surface area is 103 Å². The fourth-order valence-corrected chi connectivity index (χ4v) is 1.73. The summed E-state index contributed by atoms with van der Waals surface area (Å²) in [6.45, 7) is 4.24. The number of benzene rings is 1. The highest BCUT2D eigenvalue weighted by Crippen LogP contribution is 2.11. The molecule has 0 bridgehead atoms. The average Bonchev–Trinajstić information content (AvgIpc) is 2.36. The number of nitrogens with one attached hydrogen (secondary N) is 1. The molecule has 17 heavy (non-hydrogen) atoms. The summed E-state index contributed by atoms with van der Waals surface area (Å²) in [5.74, 6) is 0.0322. The fourth-order valence-electron chi connectivity index (χ4n) is 1.73. The Morgan fingerprint density at radius 3 is 2.59 bits per heavy atom. The molecule has 0 aliphatic rings. The third kappa shape index (κ3) is 4.57. The number of aliphatic hydroxyl groups is 1.